The van der Waals surface area contributed by atoms with Crippen molar-refractivity contribution >= 4 is 15.7 Å². The van der Waals surface area contributed by atoms with Crippen molar-refractivity contribution in [3.63, 3.8) is 0 Å². The highest BCUT2D eigenvalue weighted by molar-refractivity contribution is 7.91. The van der Waals surface area contributed by atoms with Gasteiger partial charge in [0, 0.05) is 18.5 Å². The van der Waals surface area contributed by atoms with E-state index in [0.717, 1.165) is 0 Å². The Hall–Kier alpha value is -0.790. The van der Waals surface area contributed by atoms with Crippen molar-refractivity contribution < 1.29 is 26.4 Å². The number of hydrogen-bond donors (Lipinski definition) is 0. The molecule has 2 aliphatic rings. The summed E-state index contributed by atoms with van der Waals surface area (Å²) in [5, 5.41) is 0. The number of sulfone groups is 1. The summed E-state index contributed by atoms with van der Waals surface area (Å²) < 4.78 is 58.5. The van der Waals surface area contributed by atoms with Crippen molar-refractivity contribution in [3.8, 4) is 0 Å². The summed E-state index contributed by atoms with van der Waals surface area (Å²) in [5.74, 6) is -1.95. The lowest BCUT2D eigenvalue weighted by molar-refractivity contribution is -0.195. The Bertz CT molecular complexity index is 422. The monoisotopic (exact) mass is 257 g/mol. The van der Waals surface area contributed by atoms with Crippen molar-refractivity contribution in [2.24, 2.45) is 5.41 Å². The molecular weight excluding hydrogens is 247 g/mol. The highest BCUT2D eigenvalue weighted by atomic mass is 32.2. The Morgan fingerprint density at radius 2 is 1.81 bits per heavy atom. The van der Waals surface area contributed by atoms with Crippen molar-refractivity contribution in [2.75, 3.05) is 24.6 Å². The zero-order valence-electron chi connectivity index (χ0n) is 8.25. The molecule has 0 aliphatic carbocycles. The molecule has 1 amide bonds. The fourth-order valence-electron chi connectivity index (χ4n) is 2.32. The van der Waals surface area contributed by atoms with Crippen molar-refractivity contribution in [1.29, 1.82) is 0 Å². The van der Waals surface area contributed by atoms with E-state index in [0.29, 0.717) is 11.3 Å². The van der Waals surface area contributed by atoms with Crippen LogP contribution in [0, 0.1) is 5.41 Å². The van der Waals surface area contributed by atoms with E-state index in [4.69, 9.17) is 0 Å². The van der Waals surface area contributed by atoms with Crippen molar-refractivity contribution in [1.82, 2.24) is 4.90 Å². The van der Waals surface area contributed by atoms with Crippen molar-refractivity contribution in [2.45, 2.75) is 12.6 Å². The molecule has 2 rings (SSSR count). The number of hydrogen-bond acceptors (Lipinski definition) is 3. The molecule has 0 unspecified atom stereocenters. The van der Waals surface area contributed by atoms with Crippen LogP contribution in [0.1, 0.15) is 6.42 Å². The molecule has 0 radical (unpaired) electrons. The molecule has 1 spiro atoms. The Morgan fingerprint density at radius 1 is 1.25 bits per heavy atom. The van der Waals surface area contributed by atoms with Crippen LogP contribution in [0.25, 0.3) is 0 Å². The lowest BCUT2D eigenvalue weighted by Gasteiger charge is -2.47. The second-order valence-corrected chi connectivity index (χ2v) is 6.69. The third-order valence-electron chi connectivity index (χ3n) is 3.05. The molecule has 2 saturated heterocycles. The summed E-state index contributed by atoms with van der Waals surface area (Å²) in [7, 11) is -3.12. The highest BCUT2D eigenvalue weighted by Crippen LogP contribution is 2.42. The fourth-order valence-corrected chi connectivity index (χ4v) is 4.47. The minimum Gasteiger partial charge on any atom is -0.334 e. The summed E-state index contributed by atoms with van der Waals surface area (Å²) in [6.45, 7) is -0.185. The van der Waals surface area contributed by atoms with Gasteiger partial charge in [-0.25, -0.2) is 8.42 Å². The van der Waals surface area contributed by atoms with Crippen LogP contribution in [0.15, 0.2) is 0 Å². The molecule has 0 N–H and O–H groups in total. The molecule has 2 fully saturated rings. The first-order valence-corrected chi connectivity index (χ1v) is 6.52. The fraction of sp³-hybridized carbons (Fsp3) is 0.875. The van der Waals surface area contributed by atoms with Gasteiger partial charge in [0.2, 0.25) is 0 Å². The van der Waals surface area contributed by atoms with Gasteiger partial charge in [0.25, 0.3) is 0 Å². The first kappa shape index (κ1) is 11.7. The second kappa shape index (κ2) is 3.12. The van der Waals surface area contributed by atoms with Gasteiger partial charge in [0.1, 0.15) is 0 Å². The first-order chi connectivity index (χ1) is 7.14. The number of halogens is 3. The lowest BCUT2D eigenvalue weighted by atomic mass is 9.79. The SMILES string of the molecule is O=C(N1CC2(CCS(=O)(=O)C2)C1)C(F)(F)F. The number of nitrogens with zero attached hydrogens (tertiary/aromatic N) is 1. The van der Waals surface area contributed by atoms with Crippen LogP contribution >= 0.6 is 0 Å². The van der Waals surface area contributed by atoms with Crippen LogP contribution in [0.5, 0.6) is 0 Å². The quantitative estimate of drug-likeness (QED) is 0.622. The number of likely N-dealkylation sites (tertiary alicyclic amines) is 1. The van der Waals surface area contributed by atoms with Crippen LogP contribution in [0.3, 0.4) is 0 Å². The predicted octanol–water partition coefficient (Wildman–Crippen LogP) is 0.196. The minimum atomic E-state index is -4.86. The second-order valence-electron chi connectivity index (χ2n) is 4.50. The van der Waals surface area contributed by atoms with Crippen LogP contribution < -0.4 is 0 Å². The molecular formula is C8H10F3NO3S. The Labute approximate surface area is 90.3 Å². The summed E-state index contributed by atoms with van der Waals surface area (Å²) in [6, 6.07) is 0. The number of rotatable bonds is 0. The Morgan fingerprint density at radius 3 is 2.19 bits per heavy atom. The smallest absolute Gasteiger partial charge is 0.334 e. The number of carbonyl (C=O) groups is 1. The number of alkyl halides is 3. The van der Waals surface area contributed by atoms with Crippen LogP contribution in [-0.2, 0) is 14.6 Å². The molecule has 0 saturated carbocycles. The maximum Gasteiger partial charge on any atom is 0.471 e. The third-order valence-corrected chi connectivity index (χ3v) is 4.93. The molecule has 16 heavy (non-hydrogen) atoms. The van der Waals surface area contributed by atoms with E-state index in [2.05, 4.69) is 0 Å². The average molecular weight is 257 g/mol. The van der Waals surface area contributed by atoms with Crippen LogP contribution in [0.4, 0.5) is 13.2 Å². The summed E-state index contributed by atoms with van der Waals surface area (Å²) in [6.07, 6.45) is -4.50. The average Bonchev–Trinajstić information content (AvgIpc) is 2.36. The van der Waals surface area contributed by atoms with E-state index in [9.17, 15) is 26.4 Å². The maximum atomic E-state index is 12.0. The molecule has 0 bridgehead atoms. The molecule has 92 valence electrons. The molecule has 0 aromatic rings. The summed E-state index contributed by atoms with van der Waals surface area (Å²) >= 11 is 0. The molecule has 0 atom stereocenters. The van der Waals surface area contributed by atoms with Gasteiger partial charge in [0.15, 0.2) is 9.84 Å². The Kier molecular flexibility index (Phi) is 2.28. The minimum absolute atomic E-state index is 0.0149. The number of amides is 1. The summed E-state index contributed by atoms with van der Waals surface area (Å²) in [4.78, 5) is 11.5. The largest absolute Gasteiger partial charge is 0.471 e. The van der Waals surface area contributed by atoms with Gasteiger partial charge in [-0.05, 0) is 6.42 Å². The summed E-state index contributed by atoms with van der Waals surface area (Å²) in [5.41, 5.74) is -0.611. The Balaban J connectivity index is 1.99. The molecule has 2 aliphatic heterocycles. The third kappa shape index (κ3) is 1.90. The highest BCUT2D eigenvalue weighted by Gasteiger charge is 2.56. The van der Waals surface area contributed by atoms with Gasteiger partial charge in [-0.3, -0.25) is 4.79 Å². The van der Waals surface area contributed by atoms with Crippen molar-refractivity contribution in [3.05, 3.63) is 0 Å². The molecule has 4 nitrogen and oxygen atoms in total. The number of carbonyl (C=O) groups excluding carboxylic acids is 1. The normalized spacial score (nSPS) is 26.8. The lowest BCUT2D eigenvalue weighted by Crippen LogP contribution is -2.61. The topological polar surface area (TPSA) is 54.5 Å². The van der Waals surface area contributed by atoms with Gasteiger partial charge in [-0.1, -0.05) is 0 Å². The van der Waals surface area contributed by atoms with E-state index in [1.165, 1.54) is 0 Å². The zero-order chi connectivity index (χ0) is 12.2. The predicted molar refractivity (Wildman–Crippen MR) is 48.3 cm³/mol. The molecule has 2 heterocycles. The van der Waals surface area contributed by atoms with Gasteiger partial charge >= 0.3 is 12.1 Å². The van der Waals surface area contributed by atoms with E-state index >= 15 is 0 Å². The van der Waals surface area contributed by atoms with Gasteiger partial charge < -0.3 is 4.90 Å². The van der Waals surface area contributed by atoms with E-state index in [-0.39, 0.29) is 24.6 Å². The van der Waals surface area contributed by atoms with Crippen LogP contribution in [-0.4, -0.2) is 50.0 Å². The molecule has 8 heteroatoms. The van der Waals surface area contributed by atoms with Crippen LogP contribution in [0.2, 0.25) is 0 Å². The standard InChI is InChI=1S/C8H10F3NO3S/c9-8(10,11)6(13)12-3-7(4-12)1-2-16(14,15)5-7/h1-5H2. The van der Waals surface area contributed by atoms with Gasteiger partial charge in [0.05, 0.1) is 11.5 Å². The van der Waals surface area contributed by atoms with E-state index in [1.54, 1.807) is 0 Å². The molecule has 0 aromatic carbocycles. The van der Waals surface area contributed by atoms with Gasteiger partial charge in [-0.2, -0.15) is 13.2 Å². The van der Waals surface area contributed by atoms with E-state index < -0.39 is 27.3 Å². The maximum absolute atomic E-state index is 12.0. The molecule has 0 aromatic heterocycles. The first-order valence-electron chi connectivity index (χ1n) is 4.70. The zero-order valence-corrected chi connectivity index (χ0v) is 9.07. The van der Waals surface area contributed by atoms with E-state index in [1.807, 2.05) is 0 Å². The van der Waals surface area contributed by atoms with Gasteiger partial charge in [-0.15, -0.1) is 0 Å².